The van der Waals surface area contributed by atoms with Crippen molar-refractivity contribution in [2.24, 2.45) is 5.92 Å². The van der Waals surface area contributed by atoms with Gasteiger partial charge in [-0.15, -0.1) is 0 Å². The Morgan fingerprint density at radius 1 is 1.40 bits per heavy atom. The van der Waals surface area contributed by atoms with Gasteiger partial charge in [-0.25, -0.2) is 0 Å². The van der Waals surface area contributed by atoms with E-state index in [1.807, 2.05) is 34.7 Å². The number of aliphatic hydroxyl groups excluding tert-OH is 1. The van der Waals surface area contributed by atoms with E-state index in [9.17, 15) is 9.90 Å². The van der Waals surface area contributed by atoms with Gasteiger partial charge < -0.3 is 14.4 Å². The molecule has 0 spiro atoms. The van der Waals surface area contributed by atoms with Crippen LogP contribution in [-0.2, 0) is 21.4 Å². The summed E-state index contributed by atoms with van der Waals surface area (Å²) in [5.41, 5.74) is -0.371. The third kappa shape index (κ3) is 4.90. The maximum absolute atomic E-state index is 12.8. The number of carbonyl (C=O) groups is 1. The first-order chi connectivity index (χ1) is 11.7. The normalized spacial score (nSPS) is 18.9. The van der Waals surface area contributed by atoms with E-state index < -0.39 is 11.0 Å². The maximum atomic E-state index is 12.8. The molecule has 1 aliphatic rings. The Bertz CT molecular complexity index is 574. The second-order valence-corrected chi connectivity index (χ2v) is 8.32. The lowest BCUT2D eigenvalue weighted by Crippen LogP contribution is -2.49. The number of hydrogen-bond donors (Lipinski definition) is 1. The van der Waals surface area contributed by atoms with Crippen LogP contribution < -0.4 is 0 Å². The highest BCUT2D eigenvalue weighted by Gasteiger charge is 2.33. The minimum absolute atomic E-state index is 0.0218. The van der Waals surface area contributed by atoms with Crippen molar-refractivity contribution < 1.29 is 19.2 Å². The van der Waals surface area contributed by atoms with Crippen LogP contribution in [0.25, 0.3) is 0 Å². The molecule has 6 nitrogen and oxygen atoms in total. The third-order valence-electron chi connectivity index (χ3n) is 5.52. The van der Waals surface area contributed by atoms with E-state index in [1.54, 1.807) is 6.07 Å². The largest absolute Gasteiger partial charge is 0.395 e. The predicted octanol–water partition coefficient (Wildman–Crippen LogP) is 2.19. The van der Waals surface area contributed by atoms with Crippen LogP contribution >= 0.6 is 0 Å². The van der Waals surface area contributed by atoms with Crippen LogP contribution in [0, 0.1) is 5.92 Å². The molecule has 6 heteroatoms. The molecule has 0 saturated carbocycles. The highest BCUT2D eigenvalue weighted by Crippen LogP contribution is 2.24. The summed E-state index contributed by atoms with van der Waals surface area (Å²) in [6.07, 6.45) is 2.37. The molecule has 0 amide bonds. The first-order valence-corrected chi connectivity index (χ1v) is 9.06. The fraction of sp³-hybridized carbons (Fsp3) is 0.789. The van der Waals surface area contributed by atoms with E-state index in [0.717, 1.165) is 32.6 Å². The first-order valence-electron chi connectivity index (χ1n) is 9.06. The van der Waals surface area contributed by atoms with E-state index in [2.05, 4.69) is 10.1 Å². The van der Waals surface area contributed by atoms with Crippen molar-refractivity contribution in [3.8, 4) is 0 Å². The zero-order valence-corrected chi connectivity index (χ0v) is 16.2. The van der Waals surface area contributed by atoms with Crippen LogP contribution in [0.5, 0.6) is 0 Å². The summed E-state index contributed by atoms with van der Waals surface area (Å²) in [5.74, 6) is 1.25. The molecule has 1 N–H and O–H groups in total. The molecule has 1 aliphatic heterocycles. The average Bonchev–Trinajstić information content (AvgIpc) is 3.24. The Balaban J connectivity index is 1.93. The average molecular weight is 352 g/mol. The Kier molecular flexibility index (Phi) is 6.40. The smallest absolute Gasteiger partial charge is 0.160 e. The number of aliphatic hydroxyl groups is 1. The summed E-state index contributed by atoms with van der Waals surface area (Å²) >= 11 is 0. The number of Topliss-reactive ketones (excluding diaryl/α,β-unsaturated/α-hetero) is 1. The number of carbonyl (C=O) groups excluding carboxylic acids is 1. The molecule has 2 rings (SSSR count). The van der Waals surface area contributed by atoms with Crippen molar-refractivity contribution in [1.82, 2.24) is 10.1 Å². The zero-order chi connectivity index (χ0) is 18.7. The number of ether oxygens (including phenoxy) is 1. The van der Waals surface area contributed by atoms with Crippen LogP contribution in [-0.4, -0.2) is 59.9 Å². The van der Waals surface area contributed by atoms with Gasteiger partial charge in [-0.05, 0) is 46.2 Å². The fourth-order valence-corrected chi connectivity index (χ4v) is 2.85. The van der Waals surface area contributed by atoms with Crippen LogP contribution in [0.1, 0.15) is 52.0 Å². The Labute approximate surface area is 150 Å². The van der Waals surface area contributed by atoms with E-state index in [4.69, 9.17) is 9.26 Å². The van der Waals surface area contributed by atoms with Gasteiger partial charge in [0.15, 0.2) is 5.78 Å². The molecule has 1 aromatic rings. The monoisotopic (exact) mass is 352 g/mol. The van der Waals surface area contributed by atoms with Crippen molar-refractivity contribution in [1.29, 1.82) is 0 Å². The summed E-state index contributed by atoms with van der Waals surface area (Å²) in [6.45, 7) is 10.2. The predicted molar refractivity (Wildman–Crippen MR) is 95.6 cm³/mol. The Morgan fingerprint density at radius 2 is 2.12 bits per heavy atom. The zero-order valence-electron chi connectivity index (χ0n) is 16.2. The minimum Gasteiger partial charge on any atom is -0.395 e. The summed E-state index contributed by atoms with van der Waals surface area (Å²) in [4.78, 5) is 14.9. The molecular formula is C19H32N2O4. The molecule has 142 valence electrons. The SMILES string of the molecule is CN(CCC1CCOC1)C(C)(C)C(=O)Cc1cc(C(C)(C)CO)no1. The summed E-state index contributed by atoms with van der Waals surface area (Å²) < 4.78 is 10.7. The molecule has 0 radical (unpaired) electrons. The number of likely N-dealkylation sites (N-methyl/N-ethyl adjacent to an activating group) is 1. The Morgan fingerprint density at radius 3 is 2.72 bits per heavy atom. The molecule has 1 aromatic heterocycles. The van der Waals surface area contributed by atoms with Gasteiger partial charge in [-0.2, -0.15) is 0 Å². The molecule has 2 heterocycles. The number of nitrogens with zero attached hydrogens (tertiary/aromatic N) is 2. The molecule has 1 unspecified atom stereocenters. The maximum Gasteiger partial charge on any atom is 0.160 e. The summed E-state index contributed by atoms with van der Waals surface area (Å²) in [5, 5.41) is 13.4. The van der Waals surface area contributed by atoms with E-state index in [-0.39, 0.29) is 18.8 Å². The van der Waals surface area contributed by atoms with Gasteiger partial charge in [0, 0.05) is 24.7 Å². The lowest BCUT2D eigenvalue weighted by molar-refractivity contribution is -0.128. The second kappa shape index (κ2) is 7.98. The van der Waals surface area contributed by atoms with E-state index in [1.165, 1.54) is 0 Å². The van der Waals surface area contributed by atoms with Crippen molar-refractivity contribution in [2.75, 3.05) is 33.4 Å². The van der Waals surface area contributed by atoms with E-state index in [0.29, 0.717) is 17.4 Å². The highest BCUT2D eigenvalue weighted by molar-refractivity contribution is 5.89. The minimum atomic E-state index is -0.571. The van der Waals surface area contributed by atoms with Gasteiger partial charge in [-0.1, -0.05) is 19.0 Å². The highest BCUT2D eigenvalue weighted by atomic mass is 16.5. The number of aromatic nitrogens is 1. The van der Waals surface area contributed by atoms with Crippen LogP contribution in [0.15, 0.2) is 10.6 Å². The van der Waals surface area contributed by atoms with Crippen LogP contribution in [0.2, 0.25) is 0 Å². The second-order valence-electron chi connectivity index (χ2n) is 8.32. The number of rotatable bonds is 9. The molecule has 1 atom stereocenters. The quantitative estimate of drug-likeness (QED) is 0.734. The van der Waals surface area contributed by atoms with Crippen LogP contribution in [0.4, 0.5) is 0 Å². The standard InChI is InChI=1S/C19H32N2O4/c1-18(2,13-22)16-10-15(25-20-16)11-17(23)19(3,4)21(5)8-6-14-7-9-24-12-14/h10,14,22H,6-9,11-13H2,1-5H3. The Hall–Kier alpha value is -1.24. The van der Waals surface area contributed by atoms with Gasteiger partial charge in [0.1, 0.15) is 5.76 Å². The molecule has 25 heavy (non-hydrogen) atoms. The van der Waals surface area contributed by atoms with Gasteiger partial charge in [0.25, 0.3) is 0 Å². The van der Waals surface area contributed by atoms with Gasteiger partial charge in [-0.3, -0.25) is 9.69 Å². The third-order valence-corrected chi connectivity index (χ3v) is 5.52. The molecule has 1 saturated heterocycles. The molecule has 0 aromatic carbocycles. The first kappa shape index (κ1) is 20.1. The topological polar surface area (TPSA) is 75.8 Å². The number of ketones is 1. The molecule has 0 bridgehead atoms. The lowest BCUT2D eigenvalue weighted by atomic mass is 9.89. The van der Waals surface area contributed by atoms with Crippen molar-refractivity contribution in [2.45, 2.75) is 57.9 Å². The van der Waals surface area contributed by atoms with Crippen LogP contribution in [0.3, 0.4) is 0 Å². The van der Waals surface area contributed by atoms with Gasteiger partial charge in [0.2, 0.25) is 0 Å². The number of hydrogen-bond acceptors (Lipinski definition) is 6. The molecule has 1 fully saturated rings. The van der Waals surface area contributed by atoms with Gasteiger partial charge >= 0.3 is 0 Å². The van der Waals surface area contributed by atoms with E-state index >= 15 is 0 Å². The van der Waals surface area contributed by atoms with Crippen molar-refractivity contribution >= 4 is 5.78 Å². The van der Waals surface area contributed by atoms with Crippen molar-refractivity contribution in [3.05, 3.63) is 17.5 Å². The van der Waals surface area contributed by atoms with Crippen molar-refractivity contribution in [3.63, 3.8) is 0 Å². The molecular weight excluding hydrogens is 320 g/mol. The summed E-state index contributed by atoms with van der Waals surface area (Å²) in [7, 11) is 1.99. The van der Waals surface area contributed by atoms with Gasteiger partial charge in [0.05, 0.1) is 24.3 Å². The summed E-state index contributed by atoms with van der Waals surface area (Å²) in [6, 6.07) is 1.78. The lowest BCUT2D eigenvalue weighted by Gasteiger charge is -2.34. The fourth-order valence-electron chi connectivity index (χ4n) is 2.85. The molecule has 0 aliphatic carbocycles.